The molecule has 0 aliphatic heterocycles. The Labute approximate surface area is 151 Å². The Morgan fingerprint density at radius 2 is 1.96 bits per heavy atom. The third-order valence-electron chi connectivity index (χ3n) is 4.31. The van der Waals surface area contributed by atoms with Gasteiger partial charge in [0.1, 0.15) is 5.69 Å². The highest BCUT2D eigenvalue weighted by Crippen LogP contribution is 2.28. The van der Waals surface area contributed by atoms with E-state index in [0.717, 1.165) is 53.4 Å². The molecule has 0 aliphatic rings. The van der Waals surface area contributed by atoms with Crippen molar-refractivity contribution in [2.75, 3.05) is 13.7 Å². The molecule has 0 saturated carbocycles. The van der Waals surface area contributed by atoms with Crippen LogP contribution in [0.25, 0.3) is 28.2 Å². The van der Waals surface area contributed by atoms with E-state index in [0.29, 0.717) is 0 Å². The van der Waals surface area contributed by atoms with Gasteiger partial charge in [-0.1, -0.05) is 0 Å². The number of pyridine rings is 1. The van der Waals surface area contributed by atoms with Crippen LogP contribution in [0, 0.1) is 6.92 Å². The highest BCUT2D eigenvalue weighted by Gasteiger charge is 2.16. The number of fused-ring (bicyclic) bond motifs is 1. The molecule has 7 heteroatoms. The van der Waals surface area contributed by atoms with Gasteiger partial charge in [0.2, 0.25) is 0 Å². The summed E-state index contributed by atoms with van der Waals surface area (Å²) in [5.74, 6) is 0. The fraction of sp³-hybridized carbons (Fsp3) is 0.263. The SMILES string of the molecule is COCCCn1cc(-c2c(C)nc3c(-c4ccncc4)nccn23)cn1. The topological polar surface area (TPSA) is 70.1 Å². The second-order valence-corrected chi connectivity index (χ2v) is 6.09. The van der Waals surface area contributed by atoms with E-state index in [1.807, 2.05) is 36.1 Å². The third kappa shape index (κ3) is 2.97. The summed E-state index contributed by atoms with van der Waals surface area (Å²) >= 11 is 0. The lowest BCUT2D eigenvalue weighted by Crippen LogP contribution is -2.01. The van der Waals surface area contributed by atoms with Crippen molar-refractivity contribution < 1.29 is 4.74 Å². The van der Waals surface area contributed by atoms with Crippen molar-refractivity contribution in [2.45, 2.75) is 19.9 Å². The van der Waals surface area contributed by atoms with Crippen LogP contribution in [-0.2, 0) is 11.3 Å². The van der Waals surface area contributed by atoms with E-state index in [1.165, 1.54) is 0 Å². The van der Waals surface area contributed by atoms with E-state index in [4.69, 9.17) is 9.72 Å². The molecule has 4 aromatic rings. The summed E-state index contributed by atoms with van der Waals surface area (Å²) in [5.41, 5.74) is 5.70. The van der Waals surface area contributed by atoms with Gasteiger partial charge in [-0.3, -0.25) is 19.1 Å². The van der Waals surface area contributed by atoms with Crippen LogP contribution in [-0.4, -0.2) is 42.8 Å². The molecule has 0 saturated heterocycles. The van der Waals surface area contributed by atoms with Gasteiger partial charge >= 0.3 is 0 Å². The minimum absolute atomic E-state index is 0.727. The molecule has 0 N–H and O–H groups in total. The maximum absolute atomic E-state index is 5.11. The smallest absolute Gasteiger partial charge is 0.164 e. The number of rotatable bonds is 6. The molecule has 132 valence electrons. The van der Waals surface area contributed by atoms with Crippen LogP contribution in [0.4, 0.5) is 0 Å². The van der Waals surface area contributed by atoms with Crippen molar-refractivity contribution in [3.05, 3.63) is 55.0 Å². The largest absolute Gasteiger partial charge is 0.385 e. The molecule has 4 heterocycles. The third-order valence-corrected chi connectivity index (χ3v) is 4.31. The maximum Gasteiger partial charge on any atom is 0.164 e. The average molecular weight is 348 g/mol. The summed E-state index contributed by atoms with van der Waals surface area (Å²) in [5, 5.41) is 4.47. The summed E-state index contributed by atoms with van der Waals surface area (Å²) in [6.07, 6.45) is 12.1. The van der Waals surface area contributed by atoms with Crippen molar-refractivity contribution in [3.8, 4) is 22.5 Å². The van der Waals surface area contributed by atoms with Crippen LogP contribution in [0.2, 0.25) is 0 Å². The molecular formula is C19H20N6O. The lowest BCUT2D eigenvalue weighted by Gasteiger charge is -2.04. The Morgan fingerprint density at radius 3 is 2.77 bits per heavy atom. The van der Waals surface area contributed by atoms with E-state index in [-0.39, 0.29) is 0 Å². The van der Waals surface area contributed by atoms with E-state index in [2.05, 4.69) is 25.7 Å². The first kappa shape index (κ1) is 16.4. The van der Waals surface area contributed by atoms with Gasteiger partial charge in [0.15, 0.2) is 5.65 Å². The molecular weight excluding hydrogens is 328 g/mol. The molecule has 0 spiro atoms. The van der Waals surface area contributed by atoms with Crippen LogP contribution in [0.3, 0.4) is 0 Å². The Hall–Kier alpha value is -3.06. The molecule has 0 bridgehead atoms. The number of nitrogens with zero attached hydrogens (tertiary/aromatic N) is 6. The first-order valence-electron chi connectivity index (χ1n) is 8.54. The summed E-state index contributed by atoms with van der Waals surface area (Å²) in [6.45, 7) is 3.57. The molecule has 0 aromatic carbocycles. The average Bonchev–Trinajstić information content (AvgIpc) is 3.25. The summed E-state index contributed by atoms with van der Waals surface area (Å²) in [7, 11) is 1.71. The van der Waals surface area contributed by atoms with Gasteiger partial charge in [0.25, 0.3) is 0 Å². The number of hydrogen-bond donors (Lipinski definition) is 0. The second kappa shape index (κ2) is 7.05. The molecule has 0 amide bonds. The van der Waals surface area contributed by atoms with Gasteiger partial charge in [0, 0.05) is 62.4 Å². The zero-order chi connectivity index (χ0) is 17.9. The van der Waals surface area contributed by atoms with Gasteiger partial charge < -0.3 is 4.74 Å². The van der Waals surface area contributed by atoms with E-state index in [9.17, 15) is 0 Å². The number of aryl methyl sites for hydroxylation is 2. The minimum Gasteiger partial charge on any atom is -0.385 e. The van der Waals surface area contributed by atoms with Crippen molar-refractivity contribution in [3.63, 3.8) is 0 Å². The second-order valence-electron chi connectivity index (χ2n) is 6.09. The van der Waals surface area contributed by atoms with Crippen molar-refractivity contribution in [1.29, 1.82) is 0 Å². The van der Waals surface area contributed by atoms with Crippen molar-refractivity contribution in [1.82, 2.24) is 29.1 Å². The summed E-state index contributed by atoms with van der Waals surface area (Å²) in [4.78, 5) is 13.4. The van der Waals surface area contributed by atoms with Gasteiger partial charge in [-0.2, -0.15) is 5.10 Å². The molecule has 0 aliphatic carbocycles. The summed E-state index contributed by atoms with van der Waals surface area (Å²) < 4.78 is 9.13. The molecule has 0 atom stereocenters. The Kier molecular flexibility index (Phi) is 4.45. The zero-order valence-corrected chi connectivity index (χ0v) is 14.8. The highest BCUT2D eigenvalue weighted by molar-refractivity contribution is 5.77. The van der Waals surface area contributed by atoms with Crippen molar-refractivity contribution in [2.24, 2.45) is 0 Å². The van der Waals surface area contributed by atoms with E-state index in [1.54, 1.807) is 25.7 Å². The van der Waals surface area contributed by atoms with Crippen LogP contribution in [0.1, 0.15) is 12.1 Å². The fourth-order valence-electron chi connectivity index (χ4n) is 3.13. The zero-order valence-electron chi connectivity index (χ0n) is 14.8. The van der Waals surface area contributed by atoms with E-state index >= 15 is 0 Å². The number of imidazole rings is 1. The molecule has 4 aromatic heterocycles. The molecule has 7 nitrogen and oxygen atoms in total. The lowest BCUT2D eigenvalue weighted by molar-refractivity contribution is 0.189. The lowest BCUT2D eigenvalue weighted by atomic mass is 10.2. The Balaban J connectivity index is 1.76. The van der Waals surface area contributed by atoms with Gasteiger partial charge in [-0.15, -0.1) is 0 Å². The Bertz CT molecular complexity index is 1020. The Morgan fingerprint density at radius 1 is 1.12 bits per heavy atom. The number of aromatic nitrogens is 6. The maximum atomic E-state index is 5.11. The fourth-order valence-corrected chi connectivity index (χ4v) is 3.13. The van der Waals surface area contributed by atoms with Crippen LogP contribution in [0.15, 0.2) is 49.3 Å². The number of ether oxygens (including phenoxy) is 1. The van der Waals surface area contributed by atoms with Crippen LogP contribution in [0.5, 0.6) is 0 Å². The molecule has 0 unspecified atom stereocenters. The molecule has 0 radical (unpaired) electrons. The first-order valence-corrected chi connectivity index (χ1v) is 8.54. The minimum atomic E-state index is 0.727. The normalized spacial score (nSPS) is 11.3. The van der Waals surface area contributed by atoms with Crippen molar-refractivity contribution >= 4 is 5.65 Å². The van der Waals surface area contributed by atoms with E-state index < -0.39 is 0 Å². The van der Waals surface area contributed by atoms with Gasteiger partial charge in [0.05, 0.1) is 17.6 Å². The molecule has 0 fully saturated rings. The molecule has 26 heavy (non-hydrogen) atoms. The highest BCUT2D eigenvalue weighted by atomic mass is 16.5. The standard InChI is InChI=1S/C19H20N6O/c1-14-18(16-12-22-24(13-16)9-3-11-26-2)25-10-8-21-17(19(25)23-14)15-4-6-20-7-5-15/h4-8,10,12-13H,3,9,11H2,1-2H3. The summed E-state index contributed by atoms with van der Waals surface area (Å²) in [6, 6.07) is 3.89. The molecule has 4 rings (SSSR count). The quantitative estimate of drug-likeness (QED) is 0.501. The predicted octanol–water partition coefficient (Wildman–Crippen LogP) is 3.00. The van der Waals surface area contributed by atoms with Gasteiger partial charge in [-0.25, -0.2) is 4.98 Å². The monoisotopic (exact) mass is 348 g/mol. The van der Waals surface area contributed by atoms with Gasteiger partial charge in [-0.05, 0) is 25.5 Å². The van der Waals surface area contributed by atoms with Crippen LogP contribution < -0.4 is 0 Å². The van der Waals surface area contributed by atoms with Crippen LogP contribution >= 0.6 is 0 Å². The first-order chi connectivity index (χ1) is 12.8. The predicted molar refractivity (Wildman–Crippen MR) is 98.7 cm³/mol. The number of hydrogen-bond acceptors (Lipinski definition) is 5. The number of methoxy groups -OCH3 is 1.